The maximum Gasteiger partial charge on any atom is 0.0750 e. The van der Waals surface area contributed by atoms with Gasteiger partial charge in [-0.15, -0.1) is 0 Å². The second-order valence-corrected chi connectivity index (χ2v) is 6.71. The van der Waals surface area contributed by atoms with Gasteiger partial charge >= 0.3 is 0 Å². The van der Waals surface area contributed by atoms with Crippen molar-refractivity contribution >= 4 is 17.3 Å². The summed E-state index contributed by atoms with van der Waals surface area (Å²) in [4.78, 5) is 2.33. The van der Waals surface area contributed by atoms with Gasteiger partial charge in [0.2, 0.25) is 0 Å². The minimum absolute atomic E-state index is 0.269. The largest absolute Gasteiger partial charge is 0.376 e. The van der Waals surface area contributed by atoms with Crippen LogP contribution >= 0.6 is 11.6 Å². The van der Waals surface area contributed by atoms with Gasteiger partial charge in [-0.25, -0.2) is 0 Å². The fourth-order valence-corrected chi connectivity index (χ4v) is 3.18. The topological polar surface area (TPSA) is 24.5 Å². The van der Waals surface area contributed by atoms with Gasteiger partial charge in [0.15, 0.2) is 0 Å². The minimum atomic E-state index is 0.269. The van der Waals surface area contributed by atoms with Crippen molar-refractivity contribution in [1.29, 1.82) is 0 Å². The number of hydrogen-bond acceptors (Lipinski definition) is 3. The van der Waals surface area contributed by atoms with Crippen LogP contribution in [-0.2, 0) is 11.3 Å². The van der Waals surface area contributed by atoms with Crippen LogP contribution in [-0.4, -0.2) is 32.3 Å². The Balaban J connectivity index is 2.16. The van der Waals surface area contributed by atoms with E-state index in [9.17, 15) is 0 Å². The zero-order valence-corrected chi connectivity index (χ0v) is 14.3. The molecule has 4 heteroatoms. The molecule has 0 amide bonds. The third-order valence-electron chi connectivity index (χ3n) is 4.16. The molecule has 0 aliphatic carbocycles. The predicted molar refractivity (Wildman–Crippen MR) is 90.2 cm³/mol. The third-order valence-corrected chi connectivity index (χ3v) is 4.52. The van der Waals surface area contributed by atoms with Crippen molar-refractivity contribution in [3.05, 3.63) is 28.8 Å². The van der Waals surface area contributed by atoms with Crippen molar-refractivity contribution in [2.45, 2.75) is 45.9 Å². The van der Waals surface area contributed by atoms with E-state index < -0.39 is 0 Å². The molecule has 2 rings (SSSR count). The number of nitrogens with one attached hydrogen (secondary N) is 1. The zero-order chi connectivity index (χ0) is 15.4. The van der Waals surface area contributed by atoms with Crippen molar-refractivity contribution < 1.29 is 4.74 Å². The number of anilines is 1. The van der Waals surface area contributed by atoms with Gasteiger partial charge < -0.3 is 15.0 Å². The van der Waals surface area contributed by atoms with Crippen molar-refractivity contribution in [3.63, 3.8) is 0 Å². The molecule has 1 N–H and O–H groups in total. The second-order valence-electron chi connectivity index (χ2n) is 6.31. The molecule has 2 atom stereocenters. The van der Waals surface area contributed by atoms with E-state index in [-0.39, 0.29) is 6.10 Å². The van der Waals surface area contributed by atoms with Gasteiger partial charge in [-0.1, -0.05) is 31.5 Å². The summed E-state index contributed by atoms with van der Waals surface area (Å²) < 4.78 is 5.70. The molecule has 118 valence electrons. The summed E-state index contributed by atoms with van der Waals surface area (Å²) in [6.45, 7) is 9.22. The molecule has 3 nitrogen and oxygen atoms in total. The van der Waals surface area contributed by atoms with Gasteiger partial charge in [0.05, 0.1) is 12.1 Å². The molecule has 0 spiro atoms. The lowest BCUT2D eigenvalue weighted by Gasteiger charge is -2.31. The van der Waals surface area contributed by atoms with Crippen LogP contribution in [0.5, 0.6) is 0 Å². The molecule has 0 bridgehead atoms. The SMILES string of the molecule is CC(C)CNCc1c(Cl)cccc1N(C)C1CCOC1C. The van der Waals surface area contributed by atoms with Gasteiger partial charge in [-0.05, 0) is 37.9 Å². The molecule has 1 aromatic carbocycles. The van der Waals surface area contributed by atoms with E-state index in [2.05, 4.69) is 44.1 Å². The highest BCUT2D eigenvalue weighted by atomic mass is 35.5. The van der Waals surface area contributed by atoms with E-state index in [1.54, 1.807) is 0 Å². The number of benzene rings is 1. The van der Waals surface area contributed by atoms with E-state index in [0.717, 1.165) is 31.1 Å². The van der Waals surface area contributed by atoms with Gasteiger partial charge in [0, 0.05) is 36.5 Å². The number of halogens is 1. The fraction of sp³-hybridized carbons (Fsp3) is 0.647. The first kappa shape index (κ1) is 16.6. The normalized spacial score (nSPS) is 22.0. The van der Waals surface area contributed by atoms with Crippen LogP contribution in [0.3, 0.4) is 0 Å². The van der Waals surface area contributed by atoms with Crippen LogP contribution in [0, 0.1) is 5.92 Å². The summed E-state index contributed by atoms with van der Waals surface area (Å²) in [6.07, 6.45) is 1.34. The monoisotopic (exact) mass is 310 g/mol. The van der Waals surface area contributed by atoms with E-state index >= 15 is 0 Å². The van der Waals surface area contributed by atoms with Crippen molar-refractivity contribution in [1.82, 2.24) is 5.32 Å². The first-order chi connectivity index (χ1) is 10.0. The van der Waals surface area contributed by atoms with Gasteiger partial charge in [-0.3, -0.25) is 0 Å². The molecule has 1 aromatic rings. The van der Waals surface area contributed by atoms with Crippen molar-refractivity contribution in [2.75, 3.05) is 25.1 Å². The summed E-state index contributed by atoms with van der Waals surface area (Å²) in [6, 6.07) is 6.58. The fourth-order valence-electron chi connectivity index (χ4n) is 2.95. The Hall–Kier alpha value is -0.770. The summed E-state index contributed by atoms with van der Waals surface area (Å²) >= 11 is 6.43. The molecule has 1 aliphatic rings. The quantitative estimate of drug-likeness (QED) is 0.867. The van der Waals surface area contributed by atoms with E-state index in [0.29, 0.717) is 12.0 Å². The van der Waals surface area contributed by atoms with Crippen molar-refractivity contribution in [3.8, 4) is 0 Å². The molecular formula is C17H27ClN2O. The Morgan fingerprint density at radius 1 is 1.43 bits per heavy atom. The van der Waals surface area contributed by atoms with Crippen LogP contribution in [0.1, 0.15) is 32.8 Å². The highest BCUT2D eigenvalue weighted by molar-refractivity contribution is 6.31. The summed E-state index contributed by atoms with van der Waals surface area (Å²) in [7, 11) is 2.15. The average molecular weight is 311 g/mol. The number of nitrogens with zero attached hydrogens (tertiary/aromatic N) is 1. The number of hydrogen-bond donors (Lipinski definition) is 1. The molecule has 1 heterocycles. The predicted octanol–water partition coefficient (Wildman–Crippen LogP) is 3.70. The van der Waals surface area contributed by atoms with Crippen LogP contribution in [0.4, 0.5) is 5.69 Å². The summed E-state index contributed by atoms with van der Waals surface area (Å²) in [5.41, 5.74) is 2.39. The first-order valence-electron chi connectivity index (χ1n) is 7.83. The Kier molecular flexibility index (Phi) is 5.91. The van der Waals surface area contributed by atoms with Crippen LogP contribution in [0.2, 0.25) is 5.02 Å². The molecule has 21 heavy (non-hydrogen) atoms. The average Bonchev–Trinajstić information content (AvgIpc) is 2.85. The van der Waals surface area contributed by atoms with E-state index in [1.807, 2.05) is 12.1 Å². The first-order valence-corrected chi connectivity index (χ1v) is 8.21. The van der Waals surface area contributed by atoms with E-state index in [1.165, 1.54) is 11.3 Å². The number of rotatable bonds is 6. The van der Waals surface area contributed by atoms with Crippen LogP contribution < -0.4 is 10.2 Å². The lowest BCUT2D eigenvalue weighted by atomic mass is 10.1. The van der Waals surface area contributed by atoms with Crippen molar-refractivity contribution in [2.24, 2.45) is 5.92 Å². The van der Waals surface area contributed by atoms with Gasteiger partial charge in [-0.2, -0.15) is 0 Å². The molecule has 0 aromatic heterocycles. The summed E-state index contributed by atoms with van der Waals surface area (Å²) in [5.74, 6) is 0.636. The zero-order valence-electron chi connectivity index (χ0n) is 13.5. The second kappa shape index (κ2) is 7.48. The highest BCUT2D eigenvalue weighted by Crippen LogP contribution is 2.31. The molecule has 0 radical (unpaired) electrons. The van der Waals surface area contributed by atoms with Crippen LogP contribution in [0.25, 0.3) is 0 Å². The smallest absolute Gasteiger partial charge is 0.0750 e. The Morgan fingerprint density at radius 2 is 2.19 bits per heavy atom. The Bertz CT molecular complexity index is 464. The summed E-state index contributed by atoms with van der Waals surface area (Å²) in [5, 5.41) is 4.33. The molecule has 1 fully saturated rings. The maximum atomic E-state index is 6.43. The Morgan fingerprint density at radius 3 is 2.81 bits per heavy atom. The maximum absolute atomic E-state index is 6.43. The van der Waals surface area contributed by atoms with Gasteiger partial charge in [0.1, 0.15) is 0 Å². The Labute approximate surface area is 133 Å². The standard InChI is InChI=1S/C17H27ClN2O/c1-12(2)10-19-11-14-15(18)6-5-7-17(14)20(4)16-8-9-21-13(16)3/h5-7,12-13,16,19H,8-11H2,1-4H3. The minimum Gasteiger partial charge on any atom is -0.376 e. The van der Waals surface area contributed by atoms with E-state index in [4.69, 9.17) is 16.3 Å². The molecular weight excluding hydrogens is 284 g/mol. The molecule has 0 saturated carbocycles. The molecule has 1 aliphatic heterocycles. The number of ether oxygens (including phenoxy) is 1. The lowest BCUT2D eigenvalue weighted by molar-refractivity contribution is 0.118. The highest BCUT2D eigenvalue weighted by Gasteiger charge is 2.29. The lowest BCUT2D eigenvalue weighted by Crippen LogP contribution is -2.37. The van der Waals surface area contributed by atoms with Gasteiger partial charge in [0.25, 0.3) is 0 Å². The van der Waals surface area contributed by atoms with Crippen LogP contribution in [0.15, 0.2) is 18.2 Å². The number of likely N-dealkylation sites (N-methyl/N-ethyl adjacent to an activating group) is 1. The molecule has 2 unspecified atom stereocenters. The molecule has 1 saturated heterocycles. The third kappa shape index (κ3) is 4.12.